The van der Waals surface area contributed by atoms with Crippen LogP contribution in [0.4, 0.5) is 0 Å². The van der Waals surface area contributed by atoms with Crippen LogP contribution in [0, 0.1) is 6.92 Å². The predicted molar refractivity (Wildman–Crippen MR) is 112 cm³/mol. The van der Waals surface area contributed by atoms with Crippen molar-refractivity contribution in [2.24, 2.45) is 0 Å². The van der Waals surface area contributed by atoms with Gasteiger partial charge in [0.15, 0.2) is 5.16 Å². The van der Waals surface area contributed by atoms with E-state index < -0.39 is 0 Å². The molecule has 0 unspecified atom stereocenters. The van der Waals surface area contributed by atoms with Gasteiger partial charge in [-0.3, -0.25) is 9.36 Å². The zero-order valence-electron chi connectivity index (χ0n) is 15.1. The first-order chi connectivity index (χ1) is 13.2. The highest BCUT2D eigenvalue weighted by Crippen LogP contribution is 2.35. The van der Waals surface area contributed by atoms with Gasteiger partial charge in [-0.15, -0.1) is 11.8 Å². The van der Waals surface area contributed by atoms with Gasteiger partial charge < -0.3 is 5.32 Å². The zero-order chi connectivity index (χ0) is 18.6. The van der Waals surface area contributed by atoms with Crippen LogP contribution < -0.4 is 5.32 Å². The minimum atomic E-state index is 0.0473. The topological polar surface area (TPSA) is 46.9 Å². The van der Waals surface area contributed by atoms with Gasteiger partial charge in [0.05, 0.1) is 17.5 Å². The van der Waals surface area contributed by atoms with Crippen molar-refractivity contribution >= 4 is 29.4 Å². The van der Waals surface area contributed by atoms with Crippen molar-refractivity contribution in [3.05, 3.63) is 72.1 Å². The number of rotatable bonds is 5. The van der Waals surface area contributed by atoms with Crippen LogP contribution in [0.1, 0.15) is 23.6 Å². The maximum absolute atomic E-state index is 12.6. The molecule has 1 atom stereocenters. The van der Waals surface area contributed by atoms with Gasteiger partial charge in [-0.25, -0.2) is 4.98 Å². The molecule has 0 spiro atoms. The quantitative estimate of drug-likeness (QED) is 0.640. The monoisotopic (exact) mass is 395 g/mol. The molecule has 2 heterocycles. The highest BCUT2D eigenvalue weighted by atomic mass is 32.2. The Balaban J connectivity index is 1.42. The number of imidazole rings is 1. The average Bonchev–Trinajstić information content (AvgIpc) is 3.15. The fraction of sp³-hybridized carbons (Fsp3) is 0.238. The number of hydrogen-bond donors (Lipinski definition) is 1. The lowest BCUT2D eigenvalue weighted by molar-refractivity contribution is -0.119. The van der Waals surface area contributed by atoms with Gasteiger partial charge in [0.25, 0.3) is 0 Å². The maximum atomic E-state index is 12.6. The van der Waals surface area contributed by atoms with Crippen molar-refractivity contribution in [3.8, 4) is 5.69 Å². The smallest absolute Gasteiger partial charge is 0.230 e. The number of carbonyl (C=O) groups is 1. The number of thioether (sulfide) groups is 2. The van der Waals surface area contributed by atoms with Crippen LogP contribution in [-0.2, 0) is 4.79 Å². The summed E-state index contributed by atoms with van der Waals surface area (Å²) in [5, 5.41) is 4.03. The van der Waals surface area contributed by atoms with Crippen LogP contribution in [0.5, 0.6) is 0 Å². The van der Waals surface area contributed by atoms with E-state index in [4.69, 9.17) is 0 Å². The number of aryl methyl sites for hydroxylation is 1. The van der Waals surface area contributed by atoms with Gasteiger partial charge in [-0.05, 0) is 36.6 Å². The van der Waals surface area contributed by atoms with E-state index >= 15 is 0 Å². The van der Waals surface area contributed by atoms with Gasteiger partial charge in [0, 0.05) is 23.0 Å². The van der Waals surface area contributed by atoms with Crippen molar-refractivity contribution < 1.29 is 4.79 Å². The normalized spacial score (nSPS) is 16.0. The van der Waals surface area contributed by atoms with Gasteiger partial charge in [-0.1, -0.05) is 48.2 Å². The van der Waals surface area contributed by atoms with Gasteiger partial charge in [0.1, 0.15) is 0 Å². The summed E-state index contributed by atoms with van der Waals surface area (Å²) in [5.41, 5.74) is 3.50. The Labute approximate surface area is 167 Å². The molecule has 1 aromatic heterocycles. The highest BCUT2D eigenvalue weighted by molar-refractivity contribution is 7.99. The lowest BCUT2D eigenvalue weighted by atomic mass is 10.0. The second-order valence-corrected chi connectivity index (χ2v) is 8.53. The van der Waals surface area contributed by atoms with Crippen LogP contribution in [-0.4, -0.2) is 27.0 Å². The number of fused-ring (bicyclic) bond motifs is 1. The molecule has 2 aromatic carbocycles. The van der Waals surface area contributed by atoms with E-state index in [9.17, 15) is 4.79 Å². The number of nitrogens with one attached hydrogen (secondary N) is 1. The first-order valence-electron chi connectivity index (χ1n) is 8.95. The predicted octanol–water partition coefficient (Wildman–Crippen LogP) is 4.63. The molecule has 0 radical (unpaired) electrons. The summed E-state index contributed by atoms with van der Waals surface area (Å²) in [5.74, 6) is 1.44. The van der Waals surface area contributed by atoms with E-state index in [1.54, 1.807) is 6.20 Å². The molecule has 27 heavy (non-hydrogen) atoms. The summed E-state index contributed by atoms with van der Waals surface area (Å²) in [6.07, 6.45) is 4.69. The average molecular weight is 396 g/mol. The first-order valence-corrected chi connectivity index (χ1v) is 10.9. The highest BCUT2D eigenvalue weighted by Gasteiger charge is 2.22. The molecular weight excluding hydrogens is 374 g/mol. The molecule has 4 nitrogen and oxygen atoms in total. The standard InChI is InChI=1S/C21H21N3OS2/c1-15-6-2-4-8-18(15)24-12-11-22-21(24)27-14-20(25)23-17-10-13-26-19-9-5-3-7-16(17)19/h2-9,11-12,17H,10,13-14H2,1H3,(H,23,25)/t17-/m0/s1. The number of benzene rings is 2. The molecule has 6 heteroatoms. The molecule has 1 N–H and O–H groups in total. The Morgan fingerprint density at radius 1 is 1.26 bits per heavy atom. The third-order valence-electron chi connectivity index (χ3n) is 4.61. The molecule has 1 aliphatic rings. The van der Waals surface area contributed by atoms with E-state index in [2.05, 4.69) is 47.6 Å². The lowest BCUT2D eigenvalue weighted by Gasteiger charge is -2.25. The van der Waals surface area contributed by atoms with Crippen molar-refractivity contribution in [2.45, 2.75) is 29.4 Å². The van der Waals surface area contributed by atoms with Crippen LogP contribution in [0.25, 0.3) is 5.69 Å². The SMILES string of the molecule is Cc1ccccc1-n1ccnc1SCC(=O)N[C@H]1CCSc2ccccc21. The number of para-hydroxylation sites is 1. The Hall–Kier alpha value is -2.18. The van der Waals surface area contributed by atoms with E-state index in [0.29, 0.717) is 5.75 Å². The maximum Gasteiger partial charge on any atom is 0.230 e. The molecule has 1 amide bonds. The first kappa shape index (κ1) is 18.2. The minimum Gasteiger partial charge on any atom is -0.348 e. The number of nitrogens with zero attached hydrogens (tertiary/aromatic N) is 2. The fourth-order valence-electron chi connectivity index (χ4n) is 3.27. The molecular formula is C21H21N3OS2. The van der Waals surface area contributed by atoms with Crippen LogP contribution in [0.3, 0.4) is 0 Å². The third-order valence-corrected chi connectivity index (χ3v) is 6.70. The summed E-state index contributed by atoms with van der Waals surface area (Å²) < 4.78 is 2.04. The van der Waals surface area contributed by atoms with Gasteiger partial charge in [-0.2, -0.15) is 0 Å². The van der Waals surface area contributed by atoms with Gasteiger partial charge >= 0.3 is 0 Å². The molecule has 3 aromatic rings. The molecule has 138 valence electrons. The summed E-state index contributed by atoms with van der Waals surface area (Å²) >= 11 is 3.33. The Bertz CT molecular complexity index is 954. The zero-order valence-corrected chi connectivity index (χ0v) is 16.7. The number of amides is 1. The third kappa shape index (κ3) is 4.06. The van der Waals surface area contributed by atoms with Crippen molar-refractivity contribution in [1.29, 1.82) is 0 Å². The number of carbonyl (C=O) groups excluding carboxylic acids is 1. The van der Waals surface area contributed by atoms with E-state index in [0.717, 1.165) is 23.0 Å². The Morgan fingerprint density at radius 3 is 2.96 bits per heavy atom. The largest absolute Gasteiger partial charge is 0.348 e. The summed E-state index contributed by atoms with van der Waals surface area (Å²) in [6, 6.07) is 16.6. The second kappa shape index (κ2) is 8.23. The molecule has 0 saturated carbocycles. The molecule has 0 bridgehead atoms. The molecule has 4 rings (SSSR count). The molecule has 1 aliphatic heterocycles. The number of hydrogen-bond acceptors (Lipinski definition) is 4. The summed E-state index contributed by atoms with van der Waals surface area (Å²) in [6.45, 7) is 2.08. The van der Waals surface area contributed by atoms with E-state index in [1.165, 1.54) is 27.8 Å². The van der Waals surface area contributed by atoms with E-state index in [1.807, 2.05) is 40.7 Å². The van der Waals surface area contributed by atoms with Crippen molar-refractivity contribution in [2.75, 3.05) is 11.5 Å². The number of aromatic nitrogens is 2. The van der Waals surface area contributed by atoms with E-state index in [-0.39, 0.29) is 11.9 Å². The summed E-state index contributed by atoms with van der Waals surface area (Å²) in [7, 11) is 0. The van der Waals surface area contributed by atoms with Crippen molar-refractivity contribution in [1.82, 2.24) is 14.9 Å². The molecule has 0 saturated heterocycles. The fourth-order valence-corrected chi connectivity index (χ4v) is 5.17. The summed E-state index contributed by atoms with van der Waals surface area (Å²) in [4.78, 5) is 18.3. The Morgan fingerprint density at radius 2 is 2.07 bits per heavy atom. The van der Waals surface area contributed by atoms with Gasteiger partial charge in [0.2, 0.25) is 5.91 Å². The molecule has 0 fully saturated rings. The lowest BCUT2D eigenvalue weighted by Crippen LogP contribution is -2.31. The molecule has 0 aliphatic carbocycles. The van der Waals surface area contributed by atoms with Crippen molar-refractivity contribution in [3.63, 3.8) is 0 Å². The van der Waals surface area contributed by atoms with Crippen LogP contribution in [0.2, 0.25) is 0 Å². The Kier molecular flexibility index (Phi) is 5.55. The minimum absolute atomic E-state index is 0.0473. The van der Waals surface area contributed by atoms with Crippen LogP contribution >= 0.6 is 23.5 Å². The van der Waals surface area contributed by atoms with Crippen LogP contribution in [0.15, 0.2) is 71.0 Å². The second-order valence-electron chi connectivity index (χ2n) is 6.45.